The van der Waals surface area contributed by atoms with E-state index < -0.39 is 10.0 Å². The van der Waals surface area contributed by atoms with Gasteiger partial charge in [0.1, 0.15) is 0 Å². The Hall–Kier alpha value is -1.80. The van der Waals surface area contributed by atoms with Gasteiger partial charge in [0.2, 0.25) is 15.9 Å². The van der Waals surface area contributed by atoms with Gasteiger partial charge in [0.15, 0.2) is 0 Å². The molecule has 116 valence electrons. The highest BCUT2D eigenvalue weighted by Gasteiger charge is 2.25. The van der Waals surface area contributed by atoms with Crippen molar-refractivity contribution in [3.63, 3.8) is 0 Å². The third-order valence-electron chi connectivity index (χ3n) is 3.52. The third kappa shape index (κ3) is 3.45. The van der Waals surface area contributed by atoms with Gasteiger partial charge in [-0.2, -0.15) is 0 Å². The van der Waals surface area contributed by atoms with Gasteiger partial charge in [0.05, 0.1) is 16.3 Å². The van der Waals surface area contributed by atoms with E-state index >= 15 is 0 Å². The number of anilines is 2. The number of nitrogens with one attached hydrogen (secondary N) is 2. The molecule has 21 heavy (non-hydrogen) atoms. The Morgan fingerprint density at radius 1 is 1.43 bits per heavy atom. The van der Waals surface area contributed by atoms with Crippen molar-refractivity contribution in [3.05, 3.63) is 18.2 Å². The number of rotatable bonds is 4. The molecule has 7 nitrogen and oxygen atoms in total. The summed E-state index contributed by atoms with van der Waals surface area (Å²) in [7, 11) is -2.13. The van der Waals surface area contributed by atoms with Gasteiger partial charge < -0.3 is 16.0 Å². The van der Waals surface area contributed by atoms with Gasteiger partial charge in [-0.05, 0) is 31.7 Å². The van der Waals surface area contributed by atoms with Crippen molar-refractivity contribution in [1.82, 2.24) is 10.0 Å². The van der Waals surface area contributed by atoms with Crippen LogP contribution in [0.15, 0.2) is 23.1 Å². The fourth-order valence-corrected chi connectivity index (χ4v) is 3.22. The lowest BCUT2D eigenvalue weighted by molar-refractivity contribution is -0.119. The van der Waals surface area contributed by atoms with Crippen molar-refractivity contribution in [2.45, 2.75) is 24.3 Å². The number of nitrogens with zero attached hydrogens (tertiary/aromatic N) is 1. The number of nitrogens with two attached hydrogens (primary N) is 1. The monoisotopic (exact) mass is 312 g/mol. The zero-order valence-electron chi connectivity index (χ0n) is 12.1. The highest BCUT2D eigenvalue weighted by molar-refractivity contribution is 7.89. The van der Waals surface area contributed by atoms with E-state index in [0.29, 0.717) is 17.9 Å². The van der Waals surface area contributed by atoms with Gasteiger partial charge in [0.25, 0.3) is 0 Å². The zero-order chi connectivity index (χ0) is 15.6. The molecule has 1 fully saturated rings. The first-order valence-electron chi connectivity index (χ1n) is 6.68. The predicted molar refractivity (Wildman–Crippen MR) is 81.5 cm³/mol. The summed E-state index contributed by atoms with van der Waals surface area (Å²) >= 11 is 0. The van der Waals surface area contributed by atoms with Crippen LogP contribution in [0.1, 0.15) is 13.3 Å². The number of benzene rings is 1. The lowest BCUT2D eigenvalue weighted by Gasteiger charge is -2.21. The molecular weight excluding hydrogens is 292 g/mol. The summed E-state index contributed by atoms with van der Waals surface area (Å²) in [5.41, 5.74) is 7.16. The van der Waals surface area contributed by atoms with Gasteiger partial charge in [0, 0.05) is 26.1 Å². The van der Waals surface area contributed by atoms with Crippen LogP contribution in [0.2, 0.25) is 0 Å². The molecule has 1 unspecified atom stereocenters. The van der Waals surface area contributed by atoms with E-state index in [1.54, 1.807) is 12.1 Å². The molecule has 1 heterocycles. The number of nitrogen functional groups attached to an aromatic ring is 1. The third-order valence-corrected chi connectivity index (χ3v) is 4.93. The quantitative estimate of drug-likeness (QED) is 0.673. The molecule has 0 bridgehead atoms. The van der Waals surface area contributed by atoms with Crippen molar-refractivity contribution >= 4 is 27.3 Å². The van der Waals surface area contributed by atoms with Crippen molar-refractivity contribution in [2.24, 2.45) is 0 Å². The highest BCUT2D eigenvalue weighted by atomic mass is 32.2. The minimum absolute atomic E-state index is 0.0615. The summed E-state index contributed by atoms with van der Waals surface area (Å²) in [6, 6.07) is 4.70. The smallest absolute Gasteiger partial charge is 0.240 e. The van der Waals surface area contributed by atoms with E-state index in [2.05, 4.69) is 10.0 Å². The van der Waals surface area contributed by atoms with E-state index in [9.17, 15) is 13.2 Å². The van der Waals surface area contributed by atoms with E-state index in [4.69, 9.17) is 5.73 Å². The van der Waals surface area contributed by atoms with E-state index in [0.717, 1.165) is 13.0 Å². The Balaban J connectivity index is 2.25. The van der Waals surface area contributed by atoms with Crippen molar-refractivity contribution in [2.75, 3.05) is 30.8 Å². The van der Waals surface area contributed by atoms with Crippen LogP contribution >= 0.6 is 0 Å². The molecule has 8 heteroatoms. The Kier molecular flexibility index (Phi) is 4.38. The topological polar surface area (TPSA) is 105 Å². The van der Waals surface area contributed by atoms with Gasteiger partial charge in [-0.25, -0.2) is 13.1 Å². The lowest BCUT2D eigenvalue weighted by atomic mass is 10.2. The second-order valence-corrected chi connectivity index (χ2v) is 6.95. The van der Waals surface area contributed by atoms with Crippen molar-refractivity contribution in [3.8, 4) is 0 Å². The number of carbonyl (C=O) groups is 1. The van der Waals surface area contributed by atoms with Crippen molar-refractivity contribution < 1.29 is 13.2 Å². The normalized spacial score (nSPS) is 18.8. The second-order valence-electron chi connectivity index (χ2n) is 5.06. The number of carbonyl (C=O) groups excluding carboxylic acids is 1. The van der Waals surface area contributed by atoms with Gasteiger partial charge >= 0.3 is 0 Å². The van der Waals surface area contributed by atoms with E-state index in [1.165, 1.54) is 20.0 Å². The second kappa shape index (κ2) is 5.90. The largest absolute Gasteiger partial charge is 0.397 e. The lowest BCUT2D eigenvalue weighted by Crippen LogP contribution is -2.35. The van der Waals surface area contributed by atoms with Gasteiger partial charge in [-0.15, -0.1) is 0 Å². The van der Waals surface area contributed by atoms with Crippen LogP contribution in [0, 0.1) is 0 Å². The summed E-state index contributed by atoms with van der Waals surface area (Å²) in [6.07, 6.45) is 0.808. The van der Waals surface area contributed by atoms with Crippen LogP contribution < -0.4 is 20.7 Å². The maximum Gasteiger partial charge on any atom is 0.240 e. The molecule has 1 amide bonds. The Morgan fingerprint density at radius 3 is 2.76 bits per heavy atom. The van der Waals surface area contributed by atoms with Gasteiger partial charge in [-0.1, -0.05) is 0 Å². The van der Waals surface area contributed by atoms with Gasteiger partial charge in [-0.3, -0.25) is 4.79 Å². The molecule has 0 aliphatic carbocycles. The minimum atomic E-state index is -3.50. The molecule has 0 radical (unpaired) electrons. The fraction of sp³-hybridized carbons (Fsp3) is 0.462. The number of sulfonamides is 1. The number of hydrogen-bond acceptors (Lipinski definition) is 5. The summed E-state index contributed by atoms with van der Waals surface area (Å²) in [4.78, 5) is 13.3. The Labute approximate surface area is 124 Å². The summed E-state index contributed by atoms with van der Waals surface area (Å²) in [5.74, 6) is -0.0682. The van der Waals surface area contributed by atoms with Crippen LogP contribution in [0.25, 0.3) is 0 Å². The molecule has 1 aromatic rings. The fourth-order valence-electron chi connectivity index (χ4n) is 2.47. The molecule has 0 spiro atoms. The number of hydrogen-bond donors (Lipinski definition) is 3. The molecule has 0 aromatic heterocycles. The predicted octanol–water partition coefficient (Wildman–Crippen LogP) is -0.108. The molecular formula is C13H20N4O3S. The maximum atomic E-state index is 11.9. The highest BCUT2D eigenvalue weighted by Crippen LogP contribution is 2.29. The van der Waals surface area contributed by atoms with Crippen LogP contribution in [0.5, 0.6) is 0 Å². The average molecular weight is 312 g/mol. The first kappa shape index (κ1) is 15.6. The molecule has 1 saturated heterocycles. The molecule has 1 aromatic carbocycles. The molecule has 2 rings (SSSR count). The molecule has 1 atom stereocenters. The first-order valence-corrected chi connectivity index (χ1v) is 8.17. The van der Waals surface area contributed by atoms with Crippen LogP contribution in [-0.4, -0.2) is 40.5 Å². The number of amides is 1. The van der Waals surface area contributed by atoms with Crippen molar-refractivity contribution in [1.29, 1.82) is 0 Å². The Bertz CT molecular complexity index is 645. The average Bonchev–Trinajstić information content (AvgIpc) is 2.86. The standard InChI is InChI=1S/C13H20N4O3S/c1-9(18)16-10-5-6-17(8-10)13-7-11(3-4-12(13)14)21(19,20)15-2/h3-4,7,10,15H,5-6,8,14H2,1-2H3,(H,16,18). The summed E-state index contributed by atoms with van der Waals surface area (Å²) < 4.78 is 26.0. The van der Waals surface area contributed by atoms with E-state index in [1.807, 2.05) is 4.90 Å². The molecule has 1 aliphatic rings. The van der Waals surface area contributed by atoms with Crippen LogP contribution in [0.3, 0.4) is 0 Å². The maximum absolute atomic E-state index is 11.9. The molecule has 1 aliphatic heterocycles. The Morgan fingerprint density at radius 2 is 2.14 bits per heavy atom. The SMILES string of the molecule is CNS(=O)(=O)c1ccc(N)c(N2CCC(NC(C)=O)C2)c1. The minimum Gasteiger partial charge on any atom is -0.397 e. The summed E-state index contributed by atoms with van der Waals surface area (Å²) in [5, 5.41) is 2.86. The summed E-state index contributed by atoms with van der Waals surface area (Å²) in [6.45, 7) is 2.82. The molecule has 0 saturated carbocycles. The van der Waals surface area contributed by atoms with Crippen LogP contribution in [-0.2, 0) is 14.8 Å². The zero-order valence-corrected chi connectivity index (χ0v) is 12.9. The van der Waals surface area contributed by atoms with Crippen LogP contribution in [0.4, 0.5) is 11.4 Å². The molecule has 4 N–H and O–H groups in total. The van der Waals surface area contributed by atoms with E-state index in [-0.39, 0.29) is 16.8 Å². The first-order chi connectivity index (χ1) is 9.83.